The minimum atomic E-state index is -0.357. The highest BCUT2D eigenvalue weighted by Crippen LogP contribution is 2.21. The standard InChI is InChI=1S/C16H19N5O2S/c1-3-5-6-13-8-7-12(9-17)16(18-13)24-11-14(22)19-15-10-21(4-2)20-23-15/h7-8,10H,3-6,11H2,1-2H3. The summed E-state index contributed by atoms with van der Waals surface area (Å²) in [5, 5.41) is 25.4. The van der Waals surface area contributed by atoms with Crippen LogP contribution in [0.25, 0.3) is 0 Å². The normalized spacial score (nSPS) is 11.5. The topological polar surface area (TPSA) is 102 Å². The van der Waals surface area contributed by atoms with E-state index in [1.54, 1.807) is 16.9 Å². The van der Waals surface area contributed by atoms with Gasteiger partial charge in [0.15, 0.2) is 6.54 Å². The van der Waals surface area contributed by atoms with Gasteiger partial charge in [-0.25, -0.2) is 9.98 Å². The van der Waals surface area contributed by atoms with Crippen LogP contribution in [0.4, 0.5) is 5.88 Å². The van der Waals surface area contributed by atoms with Crippen LogP contribution in [0.1, 0.15) is 37.9 Å². The fourth-order valence-corrected chi connectivity index (χ4v) is 2.70. The highest BCUT2D eigenvalue weighted by atomic mass is 32.2. The van der Waals surface area contributed by atoms with Gasteiger partial charge in [-0.2, -0.15) is 5.26 Å². The zero-order valence-corrected chi connectivity index (χ0v) is 14.5. The van der Waals surface area contributed by atoms with Crippen LogP contribution in [0.3, 0.4) is 0 Å². The number of unbranched alkanes of at least 4 members (excludes halogenated alkanes) is 1. The van der Waals surface area contributed by atoms with E-state index in [2.05, 4.69) is 28.2 Å². The van der Waals surface area contributed by atoms with Crippen LogP contribution in [0.2, 0.25) is 0 Å². The van der Waals surface area contributed by atoms with Crippen molar-refractivity contribution in [2.75, 3.05) is 5.75 Å². The number of hydrogen-bond donors (Lipinski definition) is 0. The number of aliphatic imine (C=N–C) groups is 1. The average molecular weight is 345 g/mol. The summed E-state index contributed by atoms with van der Waals surface area (Å²) in [5.74, 6) is -0.0946. The Bertz CT molecular complexity index is 751. The van der Waals surface area contributed by atoms with Crippen LogP contribution < -0.4 is 9.79 Å². The fraction of sp³-hybridized carbons (Fsp3) is 0.438. The van der Waals surface area contributed by atoms with Gasteiger partial charge in [0.2, 0.25) is 5.27 Å². The Morgan fingerprint density at radius 2 is 2.29 bits per heavy atom. The Morgan fingerprint density at radius 1 is 1.46 bits per heavy atom. The molecule has 0 saturated carbocycles. The number of aromatic nitrogens is 3. The van der Waals surface area contributed by atoms with Crippen LogP contribution in [0.15, 0.2) is 32.9 Å². The summed E-state index contributed by atoms with van der Waals surface area (Å²) in [5.41, 5.74) is 1.40. The molecule has 2 aromatic heterocycles. The number of pyridine rings is 1. The first-order valence-electron chi connectivity index (χ1n) is 7.80. The molecule has 0 atom stereocenters. The third-order valence-corrected chi connectivity index (χ3v) is 4.19. The fourth-order valence-electron chi connectivity index (χ4n) is 1.92. The van der Waals surface area contributed by atoms with Crippen LogP contribution in [0.5, 0.6) is 0 Å². The van der Waals surface area contributed by atoms with Gasteiger partial charge in [-0.05, 0) is 37.8 Å². The lowest BCUT2D eigenvalue weighted by Crippen LogP contribution is -2.32. The lowest BCUT2D eigenvalue weighted by atomic mass is 10.2. The van der Waals surface area contributed by atoms with Gasteiger partial charge in [0.1, 0.15) is 11.1 Å². The van der Waals surface area contributed by atoms with Gasteiger partial charge < -0.3 is 5.11 Å². The van der Waals surface area contributed by atoms with E-state index in [1.807, 2.05) is 13.0 Å². The lowest BCUT2D eigenvalue weighted by molar-refractivity contribution is -0.759. The number of hydrogen-bond acceptors (Lipinski definition) is 7. The zero-order chi connectivity index (χ0) is 17.4. The van der Waals surface area contributed by atoms with Crippen molar-refractivity contribution in [1.82, 2.24) is 10.3 Å². The maximum atomic E-state index is 11.9. The Hall–Kier alpha value is -2.40. The van der Waals surface area contributed by atoms with E-state index < -0.39 is 0 Å². The Morgan fingerprint density at radius 3 is 2.96 bits per heavy atom. The molecule has 2 aromatic rings. The van der Waals surface area contributed by atoms with Gasteiger partial charge in [-0.1, -0.05) is 29.8 Å². The lowest BCUT2D eigenvalue weighted by Gasteiger charge is -2.10. The molecule has 24 heavy (non-hydrogen) atoms. The molecule has 0 aliphatic heterocycles. The molecule has 0 fully saturated rings. The summed E-state index contributed by atoms with van der Waals surface area (Å²) >= 11 is 1.21. The first-order valence-corrected chi connectivity index (χ1v) is 8.78. The molecular weight excluding hydrogens is 326 g/mol. The molecule has 0 saturated heterocycles. The molecule has 2 rings (SSSR count). The van der Waals surface area contributed by atoms with Crippen molar-refractivity contribution >= 4 is 23.5 Å². The van der Waals surface area contributed by atoms with Crippen molar-refractivity contribution < 1.29 is 14.3 Å². The van der Waals surface area contributed by atoms with Gasteiger partial charge in [0, 0.05) is 11.4 Å². The molecule has 0 amide bonds. The van der Waals surface area contributed by atoms with Crippen LogP contribution in [-0.4, -0.2) is 21.9 Å². The van der Waals surface area contributed by atoms with Gasteiger partial charge in [0.05, 0.1) is 5.56 Å². The summed E-state index contributed by atoms with van der Waals surface area (Å²) in [6.45, 7) is 4.66. The second-order valence-electron chi connectivity index (χ2n) is 5.06. The van der Waals surface area contributed by atoms with E-state index in [4.69, 9.17) is 4.52 Å². The molecule has 7 nitrogen and oxygen atoms in total. The Balaban J connectivity index is 2.05. The van der Waals surface area contributed by atoms with Crippen molar-refractivity contribution in [3.63, 3.8) is 0 Å². The number of rotatable bonds is 8. The molecular formula is C16H19N5O2S. The predicted octanol–water partition coefficient (Wildman–Crippen LogP) is 1.77. The molecule has 0 aromatic carbocycles. The molecule has 0 unspecified atom stereocenters. The molecule has 0 aliphatic carbocycles. The van der Waals surface area contributed by atoms with Crippen LogP contribution in [-0.2, 0) is 13.0 Å². The van der Waals surface area contributed by atoms with Crippen molar-refractivity contribution in [1.29, 1.82) is 5.26 Å². The van der Waals surface area contributed by atoms with Gasteiger partial charge >= 0.3 is 5.88 Å². The van der Waals surface area contributed by atoms with E-state index >= 15 is 0 Å². The summed E-state index contributed by atoms with van der Waals surface area (Å²) in [6.07, 6.45) is 4.55. The molecule has 126 valence electrons. The molecule has 0 N–H and O–H groups in total. The average Bonchev–Trinajstić information content (AvgIpc) is 3.05. The largest absolute Gasteiger partial charge is 0.861 e. The summed E-state index contributed by atoms with van der Waals surface area (Å²) < 4.78 is 6.48. The summed E-state index contributed by atoms with van der Waals surface area (Å²) in [4.78, 5) is 8.33. The van der Waals surface area contributed by atoms with E-state index in [1.165, 1.54) is 11.8 Å². The maximum Gasteiger partial charge on any atom is 0.320 e. The number of aryl methyl sites for hydroxylation is 2. The first-order chi connectivity index (χ1) is 11.7. The maximum absolute atomic E-state index is 11.9. The van der Waals surface area contributed by atoms with Gasteiger partial charge in [0.25, 0.3) is 6.20 Å². The molecule has 2 heterocycles. The van der Waals surface area contributed by atoms with Crippen molar-refractivity contribution in [2.45, 2.75) is 44.7 Å². The van der Waals surface area contributed by atoms with E-state index in [-0.39, 0.29) is 17.5 Å². The van der Waals surface area contributed by atoms with Crippen molar-refractivity contribution in [2.24, 2.45) is 4.99 Å². The smallest absolute Gasteiger partial charge is 0.320 e. The van der Waals surface area contributed by atoms with Crippen LogP contribution in [0, 0.1) is 11.3 Å². The van der Waals surface area contributed by atoms with Gasteiger partial charge in [-0.3, -0.25) is 4.52 Å². The van der Waals surface area contributed by atoms with Crippen molar-refractivity contribution in [3.05, 3.63) is 29.6 Å². The SMILES string of the molecule is CCCCc1ccc(C#N)c(SC/C([O-])=N\c2c[n+](CC)no2)n1. The second-order valence-corrected chi connectivity index (χ2v) is 6.02. The van der Waals surface area contributed by atoms with Crippen molar-refractivity contribution in [3.8, 4) is 6.07 Å². The molecule has 8 heteroatoms. The highest BCUT2D eigenvalue weighted by molar-refractivity contribution is 7.99. The molecule has 0 bridgehead atoms. The highest BCUT2D eigenvalue weighted by Gasteiger charge is 2.09. The quantitative estimate of drug-likeness (QED) is 0.313. The molecule has 0 aliphatic rings. The second kappa shape index (κ2) is 9.03. The zero-order valence-electron chi connectivity index (χ0n) is 13.7. The minimum Gasteiger partial charge on any atom is -0.861 e. The molecule has 0 radical (unpaired) electrons. The Labute approximate surface area is 145 Å². The third-order valence-electron chi connectivity index (χ3n) is 3.21. The summed E-state index contributed by atoms with van der Waals surface area (Å²) in [6, 6.07) is 5.72. The minimum absolute atomic E-state index is 0.0890. The number of nitrogens with zero attached hydrogens (tertiary/aromatic N) is 5. The Kier molecular flexibility index (Phi) is 6.75. The number of nitriles is 1. The first kappa shape index (κ1) is 17.9. The van der Waals surface area contributed by atoms with E-state index in [9.17, 15) is 10.4 Å². The molecule has 0 spiro atoms. The summed E-state index contributed by atoms with van der Waals surface area (Å²) in [7, 11) is 0. The van der Waals surface area contributed by atoms with Crippen LogP contribution >= 0.6 is 11.8 Å². The monoisotopic (exact) mass is 345 g/mol. The predicted molar refractivity (Wildman–Crippen MR) is 87.8 cm³/mol. The van der Waals surface area contributed by atoms with E-state index in [0.717, 1.165) is 25.0 Å². The third kappa shape index (κ3) is 5.06. The number of thioether (sulfide) groups is 1. The van der Waals surface area contributed by atoms with E-state index in [0.29, 0.717) is 17.1 Å². The van der Waals surface area contributed by atoms with Gasteiger partial charge in [-0.15, -0.1) is 0 Å².